The van der Waals surface area contributed by atoms with Crippen molar-refractivity contribution in [3.05, 3.63) is 206 Å². The highest BCUT2D eigenvalue weighted by atomic mass is 16.3. The number of hydrogen-bond acceptors (Lipinski definition) is 5. The zero-order valence-electron chi connectivity index (χ0n) is 33.7. The molecule has 0 aliphatic rings. The molecule has 0 unspecified atom stereocenters. The second kappa shape index (κ2) is 13.9. The van der Waals surface area contributed by atoms with E-state index in [9.17, 15) is 0 Å². The number of hydrogen-bond donors (Lipinski definition) is 0. The van der Waals surface area contributed by atoms with Crippen molar-refractivity contribution in [2.45, 2.75) is 0 Å². The summed E-state index contributed by atoms with van der Waals surface area (Å²) in [6, 6.07) is 70.0. The normalized spacial score (nSPS) is 11.8. The zero-order chi connectivity index (χ0) is 41.4. The van der Waals surface area contributed by atoms with Crippen LogP contribution < -0.4 is 0 Å². The summed E-state index contributed by atoms with van der Waals surface area (Å²) in [6.45, 7) is 0. The van der Waals surface area contributed by atoms with E-state index >= 15 is 0 Å². The van der Waals surface area contributed by atoms with Crippen LogP contribution in [-0.4, -0.2) is 29.1 Å². The molecule has 0 atom stereocenters. The predicted molar refractivity (Wildman–Crippen MR) is 255 cm³/mol. The molecule has 63 heavy (non-hydrogen) atoms. The lowest BCUT2D eigenvalue weighted by Crippen LogP contribution is -2.01. The van der Waals surface area contributed by atoms with Crippen LogP contribution in [0.5, 0.6) is 0 Å². The Labute approximate surface area is 360 Å². The van der Waals surface area contributed by atoms with E-state index in [1.165, 1.54) is 21.5 Å². The van der Waals surface area contributed by atoms with Crippen molar-refractivity contribution in [1.82, 2.24) is 29.1 Å². The van der Waals surface area contributed by atoms with Gasteiger partial charge in [0.15, 0.2) is 23.1 Å². The second-order valence-electron chi connectivity index (χ2n) is 15.9. The summed E-state index contributed by atoms with van der Waals surface area (Å²) in [6.07, 6.45) is 1.82. The van der Waals surface area contributed by atoms with Gasteiger partial charge in [-0.1, -0.05) is 121 Å². The molecule has 0 aliphatic heterocycles. The highest BCUT2D eigenvalue weighted by Gasteiger charge is 2.19. The maximum atomic E-state index is 6.13. The molecular weight excluding hydrogens is 773 g/mol. The molecule has 13 rings (SSSR count). The molecule has 0 N–H and O–H groups in total. The fourth-order valence-electron chi connectivity index (χ4n) is 9.31. The second-order valence-corrected chi connectivity index (χ2v) is 15.9. The Morgan fingerprint density at radius 3 is 1.46 bits per heavy atom. The first-order chi connectivity index (χ1) is 31.2. The van der Waals surface area contributed by atoms with Gasteiger partial charge in [-0.3, -0.25) is 4.98 Å². The van der Waals surface area contributed by atoms with Crippen LogP contribution in [0.15, 0.2) is 211 Å². The molecule has 13 aromatic rings. The van der Waals surface area contributed by atoms with E-state index in [-0.39, 0.29) is 0 Å². The van der Waals surface area contributed by atoms with E-state index in [0.717, 1.165) is 83.3 Å². The van der Waals surface area contributed by atoms with E-state index in [4.69, 9.17) is 19.4 Å². The Kier molecular flexibility index (Phi) is 7.77. The van der Waals surface area contributed by atoms with Crippen molar-refractivity contribution in [2.75, 3.05) is 0 Å². The summed E-state index contributed by atoms with van der Waals surface area (Å²) in [5.74, 6) is 1.90. The Morgan fingerprint density at radius 2 is 0.841 bits per heavy atom. The number of fused-ring (bicyclic) bond motifs is 9. The highest BCUT2D eigenvalue weighted by Crippen LogP contribution is 2.40. The van der Waals surface area contributed by atoms with Gasteiger partial charge in [-0.15, -0.1) is 0 Å². The average molecular weight is 807 g/mol. The Hall–Kier alpha value is -8.68. The molecule has 0 spiro atoms. The Morgan fingerprint density at radius 1 is 0.317 bits per heavy atom. The molecule has 0 amide bonds. The van der Waals surface area contributed by atoms with Gasteiger partial charge in [-0.2, -0.15) is 0 Å². The summed E-state index contributed by atoms with van der Waals surface area (Å²) < 4.78 is 10.8. The van der Waals surface area contributed by atoms with Gasteiger partial charge < -0.3 is 13.6 Å². The topological polar surface area (TPSA) is 74.6 Å². The van der Waals surface area contributed by atoms with Crippen molar-refractivity contribution in [3.63, 3.8) is 0 Å². The first-order valence-corrected chi connectivity index (χ1v) is 21.0. The van der Waals surface area contributed by atoms with Gasteiger partial charge in [0, 0.05) is 61.2 Å². The standard InChI is InChI=1S/C56H34N6O/c1-3-13-35(14-4-1)54-58-55(36-15-5-2-6-16-36)60-56(59-54)39-17-11-18-40(31-39)61-47-21-9-7-19-42(47)44-32-37(24-27-49(44)61)38-25-28-50-45(33-38)43-20-8-10-22-48(43)62(50)41-26-29-51-46(34-41)53-52(63-51)23-12-30-57-53/h1-34H. The minimum atomic E-state index is 0.622. The van der Waals surface area contributed by atoms with Gasteiger partial charge in [0.2, 0.25) is 0 Å². The summed E-state index contributed by atoms with van der Waals surface area (Å²) in [4.78, 5) is 19.6. The summed E-state index contributed by atoms with van der Waals surface area (Å²) in [5, 5.41) is 5.77. The molecular formula is C56H34N6O. The molecule has 0 saturated carbocycles. The fourth-order valence-corrected chi connectivity index (χ4v) is 9.31. The van der Waals surface area contributed by atoms with Gasteiger partial charge in [-0.25, -0.2) is 15.0 Å². The molecule has 0 fully saturated rings. The SMILES string of the molecule is c1ccc(-c2nc(-c3ccccc3)nc(-c3cccc(-n4c5ccccc5c5cc(-c6ccc7c(c6)c6ccccc6n7-c6ccc7oc8cccnc8c7c6)ccc54)c3)n2)cc1. The number of para-hydroxylation sites is 2. The summed E-state index contributed by atoms with van der Waals surface area (Å²) in [5.41, 5.74) is 14.2. The smallest absolute Gasteiger partial charge is 0.164 e. The van der Waals surface area contributed by atoms with Crippen LogP contribution in [-0.2, 0) is 0 Å². The first-order valence-electron chi connectivity index (χ1n) is 21.0. The van der Waals surface area contributed by atoms with Gasteiger partial charge in [0.25, 0.3) is 0 Å². The third kappa shape index (κ3) is 5.67. The minimum absolute atomic E-state index is 0.622. The molecule has 0 aliphatic carbocycles. The molecule has 0 saturated heterocycles. The molecule has 0 bridgehead atoms. The summed E-state index contributed by atoms with van der Waals surface area (Å²) in [7, 11) is 0. The van der Waals surface area contributed by atoms with Crippen LogP contribution in [0.2, 0.25) is 0 Å². The quantitative estimate of drug-likeness (QED) is 0.167. The van der Waals surface area contributed by atoms with Crippen molar-refractivity contribution < 1.29 is 4.42 Å². The molecule has 7 nitrogen and oxygen atoms in total. The maximum Gasteiger partial charge on any atom is 0.164 e. The first kappa shape index (κ1) is 35.1. The number of benzene rings is 8. The molecule has 7 heteroatoms. The van der Waals surface area contributed by atoms with Crippen LogP contribution in [0.4, 0.5) is 0 Å². The largest absolute Gasteiger partial charge is 0.454 e. The van der Waals surface area contributed by atoms with Gasteiger partial charge in [0.05, 0.1) is 22.1 Å². The van der Waals surface area contributed by atoms with Crippen LogP contribution in [0.25, 0.3) is 122 Å². The van der Waals surface area contributed by atoms with Gasteiger partial charge in [0.1, 0.15) is 11.1 Å². The molecule has 0 radical (unpaired) electrons. The van der Waals surface area contributed by atoms with Crippen molar-refractivity contribution in [1.29, 1.82) is 0 Å². The van der Waals surface area contributed by atoms with E-state index in [1.807, 2.05) is 79.0 Å². The van der Waals surface area contributed by atoms with Crippen LogP contribution in [0, 0.1) is 0 Å². The number of rotatable bonds is 6. The zero-order valence-corrected chi connectivity index (χ0v) is 33.7. The van der Waals surface area contributed by atoms with Crippen LogP contribution >= 0.6 is 0 Å². The van der Waals surface area contributed by atoms with Gasteiger partial charge >= 0.3 is 0 Å². The van der Waals surface area contributed by atoms with E-state index in [1.54, 1.807) is 0 Å². The summed E-state index contributed by atoms with van der Waals surface area (Å²) >= 11 is 0. The van der Waals surface area contributed by atoms with Crippen molar-refractivity contribution in [3.8, 4) is 56.7 Å². The number of nitrogens with zero attached hydrogens (tertiary/aromatic N) is 6. The van der Waals surface area contributed by atoms with Crippen LogP contribution in [0.1, 0.15) is 0 Å². The number of aromatic nitrogens is 6. The Balaban J connectivity index is 0.931. The minimum Gasteiger partial charge on any atom is -0.454 e. The van der Waals surface area contributed by atoms with Gasteiger partial charge in [-0.05, 0) is 90.0 Å². The fraction of sp³-hybridized carbons (Fsp3) is 0. The third-order valence-corrected chi connectivity index (χ3v) is 12.2. The van der Waals surface area contributed by atoms with Crippen molar-refractivity contribution in [2.24, 2.45) is 0 Å². The van der Waals surface area contributed by atoms with E-state index in [2.05, 4.69) is 142 Å². The Bertz CT molecular complexity index is 3860. The molecule has 5 aromatic heterocycles. The lowest BCUT2D eigenvalue weighted by molar-refractivity contribution is 0.668. The predicted octanol–water partition coefficient (Wildman–Crippen LogP) is 14.0. The lowest BCUT2D eigenvalue weighted by atomic mass is 10.0. The highest BCUT2D eigenvalue weighted by molar-refractivity contribution is 6.13. The molecule has 8 aromatic carbocycles. The van der Waals surface area contributed by atoms with E-state index < -0.39 is 0 Å². The maximum absolute atomic E-state index is 6.13. The lowest BCUT2D eigenvalue weighted by Gasteiger charge is -2.12. The average Bonchev–Trinajstić information content (AvgIpc) is 4.01. The van der Waals surface area contributed by atoms with E-state index in [0.29, 0.717) is 17.5 Å². The third-order valence-electron chi connectivity index (χ3n) is 12.2. The number of pyridine rings is 1. The monoisotopic (exact) mass is 806 g/mol. The van der Waals surface area contributed by atoms with Crippen molar-refractivity contribution >= 4 is 65.7 Å². The molecule has 294 valence electrons. The van der Waals surface area contributed by atoms with Crippen LogP contribution in [0.3, 0.4) is 0 Å². The number of furan rings is 1. The molecule has 5 heterocycles.